The number of oxazole rings is 1. The number of carbonyl (C=O) groups is 1. The minimum absolute atomic E-state index is 0.0332. The second-order valence-corrected chi connectivity index (χ2v) is 11.8. The van der Waals surface area contributed by atoms with Crippen LogP contribution in [-0.4, -0.2) is 36.4 Å². The van der Waals surface area contributed by atoms with E-state index in [4.69, 9.17) is 21.0 Å². The third-order valence-corrected chi connectivity index (χ3v) is 9.31. The number of nitrogens with one attached hydrogen (secondary N) is 1. The van der Waals surface area contributed by atoms with Gasteiger partial charge < -0.3 is 9.73 Å². The maximum Gasteiger partial charge on any atom is 0.223 e. The molecule has 2 bridgehead atoms. The molecular weight excluding hydrogens is 412 g/mol. The molecule has 6 rings (SSSR count). The van der Waals surface area contributed by atoms with Gasteiger partial charge in [-0.3, -0.25) is 4.79 Å². The molecular formula is C21H25ClN2O4S. The number of amides is 1. The lowest BCUT2D eigenvalue weighted by Gasteiger charge is -2.52. The molecule has 2 aromatic rings. The van der Waals surface area contributed by atoms with Crippen molar-refractivity contribution in [1.29, 1.82) is 0 Å². The molecule has 3 saturated carbocycles. The number of rotatable bonds is 3. The Morgan fingerprint density at radius 3 is 2.41 bits per heavy atom. The van der Waals surface area contributed by atoms with Crippen LogP contribution in [-0.2, 0) is 20.0 Å². The Kier molecular flexibility index (Phi) is 4.48. The summed E-state index contributed by atoms with van der Waals surface area (Å²) in [6, 6.07) is 5.52. The fourth-order valence-corrected chi connectivity index (χ4v) is 6.99. The van der Waals surface area contributed by atoms with E-state index in [1.54, 1.807) is 0 Å². The van der Waals surface area contributed by atoms with Gasteiger partial charge in [-0.2, -0.15) is 0 Å². The molecule has 29 heavy (non-hydrogen) atoms. The van der Waals surface area contributed by atoms with Crippen molar-refractivity contribution in [3.63, 3.8) is 0 Å². The van der Waals surface area contributed by atoms with Crippen LogP contribution in [0.4, 0.5) is 0 Å². The van der Waals surface area contributed by atoms with Gasteiger partial charge >= 0.3 is 0 Å². The molecule has 0 radical (unpaired) electrons. The quantitative estimate of drug-likeness (QED) is 0.791. The molecule has 1 saturated heterocycles. The van der Waals surface area contributed by atoms with E-state index in [1.165, 1.54) is 0 Å². The number of sulfone groups is 1. The highest BCUT2D eigenvalue weighted by molar-refractivity contribution is 7.91. The number of fused-ring (bicyclic) bond motifs is 4. The van der Waals surface area contributed by atoms with E-state index in [9.17, 15) is 13.2 Å². The molecule has 1 aromatic heterocycles. The lowest BCUT2D eigenvalue weighted by molar-refractivity contribution is -0.129. The predicted molar refractivity (Wildman–Crippen MR) is 111 cm³/mol. The van der Waals surface area contributed by atoms with Crippen molar-refractivity contribution in [3.8, 4) is 0 Å². The van der Waals surface area contributed by atoms with Crippen molar-refractivity contribution < 1.29 is 17.6 Å². The van der Waals surface area contributed by atoms with Gasteiger partial charge in [0.25, 0.3) is 0 Å². The zero-order valence-electron chi connectivity index (χ0n) is 16.2. The number of halogens is 1. The van der Waals surface area contributed by atoms with Crippen LogP contribution >= 0.6 is 11.6 Å². The van der Waals surface area contributed by atoms with E-state index < -0.39 is 9.84 Å². The molecule has 156 valence electrons. The first-order valence-corrected chi connectivity index (χ1v) is 12.6. The van der Waals surface area contributed by atoms with Gasteiger partial charge in [0.2, 0.25) is 11.8 Å². The van der Waals surface area contributed by atoms with Gasteiger partial charge in [0.05, 0.1) is 11.5 Å². The van der Waals surface area contributed by atoms with Crippen molar-refractivity contribution in [2.45, 2.75) is 62.3 Å². The van der Waals surface area contributed by atoms with E-state index in [0.29, 0.717) is 17.9 Å². The van der Waals surface area contributed by atoms with Gasteiger partial charge in [-0.1, -0.05) is 11.6 Å². The smallest absolute Gasteiger partial charge is 0.223 e. The fourth-order valence-electron chi connectivity index (χ4n) is 5.34. The molecule has 1 N–H and O–H groups in total. The van der Waals surface area contributed by atoms with Gasteiger partial charge in [-0.15, -0.1) is 0 Å². The van der Waals surface area contributed by atoms with E-state index in [-0.39, 0.29) is 34.3 Å². The summed E-state index contributed by atoms with van der Waals surface area (Å²) in [6.45, 7) is 0. The largest absolute Gasteiger partial charge is 0.440 e. The van der Waals surface area contributed by atoms with E-state index in [2.05, 4.69) is 5.32 Å². The summed E-state index contributed by atoms with van der Waals surface area (Å²) in [5.41, 5.74) is 1.34. The minimum Gasteiger partial charge on any atom is -0.440 e. The Bertz CT molecular complexity index is 1040. The van der Waals surface area contributed by atoms with Crippen molar-refractivity contribution in [2.24, 2.45) is 5.92 Å². The normalized spacial score (nSPS) is 31.8. The number of hydrogen-bond acceptors (Lipinski definition) is 5. The first-order valence-electron chi connectivity index (χ1n) is 10.4. The van der Waals surface area contributed by atoms with Crippen molar-refractivity contribution in [1.82, 2.24) is 10.3 Å². The number of benzene rings is 1. The number of aromatic nitrogens is 1. The van der Waals surface area contributed by atoms with Gasteiger partial charge in [0.15, 0.2) is 5.58 Å². The van der Waals surface area contributed by atoms with Crippen LogP contribution in [0.1, 0.15) is 57.3 Å². The van der Waals surface area contributed by atoms with Gasteiger partial charge in [-0.05, 0) is 69.6 Å². The van der Waals surface area contributed by atoms with Crippen molar-refractivity contribution >= 4 is 38.4 Å². The predicted octanol–water partition coefficient (Wildman–Crippen LogP) is 3.77. The number of hydrogen-bond donors (Lipinski definition) is 1. The second kappa shape index (κ2) is 6.71. The van der Waals surface area contributed by atoms with Crippen LogP contribution in [0.3, 0.4) is 0 Å². The van der Waals surface area contributed by atoms with Crippen LogP contribution in [0.15, 0.2) is 22.6 Å². The lowest BCUT2D eigenvalue weighted by atomic mass is 9.57. The minimum atomic E-state index is -2.95. The Morgan fingerprint density at radius 2 is 1.76 bits per heavy atom. The summed E-state index contributed by atoms with van der Waals surface area (Å²) in [6.07, 6.45) is 6.42. The molecule has 8 heteroatoms. The van der Waals surface area contributed by atoms with Crippen LogP contribution in [0.2, 0.25) is 5.02 Å². The molecule has 1 aliphatic heterocycles. The van der Waals surface area contributed by atoms with Crippen molar-refractivity contribution in [2.75, 3.05) is 11.5 Å². The fraction of sp³-hybridized carbons (Fsp3) is 0.619. The van der Waals surface area contributed by atoms with Gasteiger partial charge in [0, 0.05) is 21.9 Å². The topological polar surface area (TPSA) is 89.3 Å². The SMILES string of the molecule is O=C(NC12CCC(c3nc4cc(Cl)ccc4o3)(CC1)CC2)C1CCS(=O)(=O)CC1. The summed E-state index contributed by atoms with van der Waals surface area (Å²) < 4.78 is 29.4. The average molecular weight is 437 g/mol. The number of carbonyl (C=O) groups excluding carboxylic acids is 1. The third kappa shape index (κ3) is 3.46. The highest BCUT2D eigenvalue weighted by Gasteiger charge is 2.52. The van der Waals surface area contributed by atoms with Crippen LogP contribution < -0.4 is 5.32 Å². The molecule has 2 heterocycles. The van der Waals surface area contributed by atoms with E-state index in [1.807, 2.05) is 18.2 Å². The first kappa shape index (κ1) is 19.4. The molecule has 0 atom stereocenters. The molecule has 1 amide bonds. The molecule has 0 spiro atoms. The van der Waals surface area contributed by atoms with E-state index >= 15 is 0 Å². The molecule has 3 aliphatic carbocycles. The maximum atomic E-state index is 12.8. The van der Waals surface area contributed by atoms with Crippen LogP contribution in [0, 0.1) is 5.92 Å². The van der Waals surface area contributed by atoms with Gasteiger partial charge in [-0.25, -0.2) is 13.4 Å². The van der Waals surface area contributed by atoms with E-state index in [0.717, 1.165) is 55.5 Å². The molecule has 1 aromatic carbocycles. The highest BCUT2D eigenvalue weighted by Crippen LogP contribution is 2.53. The summed E-state index contributed by atoms with van der Waals surface area (Å²) in [4.78, 5) is 17.5. The third-order valence-electron chi connectivity index (χ3n) is 7.36. The average Bonchev–Trinajstić information content (AvgIpc) is 3.13. The second-order valence-electron chi connectivity index (χ2n) is 9.11. The molecule has 0 unspecified atom stereocenters. The van der Waals surface area contributed by atoms with Crippen LogP contribution in [0.5, 0.6) is 0 Å². The summed E-state index contributed by atoms with van der Waals surface area (Å²) in [7, 11) is -2.95. The zero-order chi connectivity index (χ0) is 20.3. The number of nitrogens with zero attached hydrogens (tertiary/aromatic N) is 1. The standard InChI is InChI=1S/C21H25ClN2O4S/c22-15-1-2-17-16(13-15)23-19(28-17)20-5-8-21(9-6-20,10-7-20)24-18(25)14-3-11-29(26,27)12-4-14/h1-2,13-14H,3-12H2,(H,24,25). The Labute approximate surface area is 175 Å². The maximum absolute atomic E-state index is 12.8. The summed E-state index contributed by atoms with van der Waals surface area (Å²) in [5, 5.41) is 3.97. The molecule has 6 nitrogen and oxygen atoms in total. The monoisotopic (exact) mass is 436 g/mol. The zero-order valence-corrected chi connectivity index (χ0v) is 17.8. The molecule has 4 fully saturated rings. The first-order chi connectivity index (χ1) is 13.8. The Balaban J connectivity index is 1.28. The van der Waals surface area contributed by atoms with Crippen LogP contribution in [0.25, 0.3) is 11.1 Å². The van der Waals surface area contributed by atoms with Crippen molar-refractivity contribution in [3.05, 3.63) is 29.1 Å². The Morgan fingerprint density at radius 1 is 1.10 bits per heavy atom. The summed E-state index contributed by atoms with van der Waals surface area (Å²) in [5.74, 6) is 0.910. The van der Waals surface area contributed by atoms with Gasteiger partial charge in [0.1, 0.15) is 15.4 Å². The molecule has 4 aliphatic rings. The summed E-state index contributed by atoms with van der Waals surface area (Å²) >= 11 is 6.08. The highest BCUT2D eigenvalue weighted by atomic mass is 35.5. The Hall–Kier alpha value is -1.60. The lowest BCUT2D eigenvalue weighted by Crippen LogP contribution is -2.59.